The maximum Gasteiger partial charge on any atom is 0.344 e. The fourth-order valence-corrected chi connectivity index (χ4v) is 4.16. The van der Waals surface area contributed by atoms with Crippen LogP contribution in [0.2, 0.25) is 0 Å². The summed E-state index contributed by atoms with van der Waals surface area (Å²) in [6, 6.07) is 12.3. The Bertz CT molecular complexity index is 904. The van der Waals surface area contributed by atoms with Gasteiger partial charge in [-0.15, -0.1) is 0 Å². The molecule has 0 bridgehead atoms. The molecule has 1 atom stereocenters. The molecule has 2 fully saturated rings. The largest absolute Gasteiger partial charge is 0.467 e. The van der Waals surface area contributed by atoms with Crippen molar-refractivity contribution < 1.29 is 18.8 Å². The molecule has 1 spiro atoms. The third kappa shape index (κ3) is 3.95. The van der Waals surface area contributed by atoms with Crippen molar-refractivity contribution in [3.05, 3.63) is 60.1 Å². The van der Waals surface area contributed by atoms with E-state index >= 15 is 0 Å². The van der Waals surface area contributed by atoms with E-state index in [0.717, 1.165) is 23.4 Å². The summed E-state index contributed by atoms with van der Waals surface area (Å²) in [5, 5.41) is 6.76. The Labute approximate surface area is 175 Å². The van der Waals surface area contributed by atoms with Crippen molar-refractivity contribution in [2.45, 2.75) is 44.2 Å². The van der Waals surface area contributed by atoms with Gasteiger partial charge in [0.15, 0.2) is 0 Å². The van der Waals surface area contributed by atoms with Crippen LogP contribution in [-0.4, -0.2) is 34.9 Å². The molecule has 1 aromatic carbocycles. The van der Waals surface area contributed by atoms with Gasteiger partial charge in [-0.3, -0.25) is 20.3 Å². The first-order chi connectivity index (χ1) is 14.5. The topological polar surface area (TPSA) is 104 Å². The molecule has 0 radical (unpaired) electrons. The summed E-state index contributed by atoms with van der Waals surface area (Å²) in [5.41, 5.74) is 2.50. The van der Waals surface area contributed by atoms with Crippen molar-refractivity contribution in [1.82, 2.24) is 21.1 Å². The molecule has 1 aliphatic heterocycles. The van der Waals surface area contributed by atoms with Crippen LogP contribution in [0, 0.1) is 5.92 Å². The predicted octanol–water partition coefficient (Wildman–Crippen LogP) is 2.49. The maximum atomic E-state index is 12.9. The molecule has 0 unspecified atom stereocenters. The van der Waals surface area contributed by atoms with E-state index in [1.807, 2.05) is 36.4 Å². The smallest absolute Gasteiger partial charge is 0.344 e. The Hall–Kier alpha value is -3.13. The van der Waals surface area contributed by atoms with Crippen LogP contribution < -0.4 is 16.1 Å². The highest BCUT2D eigenvalue weighted by Gasteiger charge is 2.52. The van der Waals surface area contributed by atoms with E-state index in [9.17, 15) is 14.4 Å². The number of carbonyl (C=O) groups is 3. The highest BCUT2D eigenvalue weighted by molar-refractivity contribution is 6.08. The quantitative estimate of drug-likeness (QED) is 0.635. The lowest BCUT2D eigenvalue weighted by atomic mass is 9.77. The maximum absolute atomic E-state index is 12.9. The van der Waals surface area contributed by atoms with Gasteiger partial charge in [0.25, 0.3) is 11.8 Å². The number of hydrogen-bond acceptors (Lipinski definition) is 5. The number of furan rings is 1. The third-order valence-electron chi connectivity index (χ3n) is 5.95. The van der Waals surface area contributed by atoms with Crippen molar-refractivity contribution in [2.75, 3.05) is 6.54 Å². The molecule has 2 aromatic rings. The number of imide groups is 1. The second-order valence-corrected chi connectivity index (χ2v) is 8.11. The second-order valence-electron chi connectivity index (χ2n) is 8.11. The minimum atomic E-state index is -0.884. The number of benzene rings is 1. The molecule has 1 aromatic heterocycles. The Kier molecular flexibility index (Phi) is 5.59. The van der Waals surface area contributed by atoms with Crippen LogP contribution in [-0.2, 0) is 9.59 Å². The van der Waals surface area contributed by atoms with Crippen molar-refractivity contribution in [3.8, 4) is 0 Å². The number of hydrazine groups is 1. The molecule has 4 rings (SSSR count). The van der Waals surface area contributed by atoms with Gasteiger partial charge >= 0.3 is 6.03 Å². The first kappa shape index (κ1) is 20.2. The zero-order valence-corrected chi connectivity index (χ0v) is 16.9. The molecular formula is C22H26N4O4. The van der Waals surface area contributed by atoms with Gasteiger partial charge in [-0.2, -0.15) is 5.01 Å². The first-order valence-electron chi connectivity index (χ1n) is 10.3. The molecular weight excluding hydrogens is 384 g/mol. The van der Waals surface area contributed by atoms with E-state index in [0.29, 0.717) is 24.5 Å². The molecule has 2 aliphatic rings. The number of urea groups is 1. The number of nitrogens with zero attached hydrogens (tertiary/aromatic N) is 1. The minimum Gasteiger partial charge on any atom is -0.467 e. The van der Waals surface area contributed by atoms with Crippen LogP contribution in [0.15, 0.2) is 53.1 Å². The van der Waals surface area contributed by atoms with E-state index in [4.69, 9.17) is 4.42 Å². The minimum absolute atomic E-state index is 0.0959. The van der Waals surface area contributed by atoms with Crippen LogP contribution in [0.1, 0.15) is 50.0 Å². The number of hydrogen-bond donors (Lipinski definition) is 3. The standard InChI is InChI=1S/C22H26N4O4/c1-15-9-11-22(12-10-15)20(28)26(21(29)24-22)25-18(27)14-23-19(17-8-5-13-30-17)16-6-3-2-4-7-16/h2-8,13,15,19,23H,9-12,14H2,1H3,(H,24,29)(H,25,27)/t15?,19-,22?/m0/s1. The predicted molar refractivity (Wildman–Crippen MR) is 109 cm³/mol. The van der Waals surface area contributed by atoms with Crippen LogP contribution in [0.25, 0.3) is 0 Å². The lowest BCUT2D eigenvalue weighted by molar-refractivity contribution is -0.139. The summed E-state index contributed by atoms with van der Waals surface area (Å²) in [4.78, 5) is 37.8. The molecule has 2 heterocycles. The van der Waals surface area contributed by atoms with Crippen LogP contribution in [0.3, 0.4) is 0 Å². The van der Waals surface area contributed by atoms with Gasteiger partial charge in [0, 0.05) is 0 Å². The first-order valence-corrected chi connectivity index (χ1v) is 10.3. The second kappa shape index (κ2) is 8.31. The van der Waals surface area contributed by atoms with Crippen LogP contribution in [0.4, 0.5) is 4.79 Å². The summed E-state index contributed by atoms with van der Waals surface area (Å²) in [6.07, 6.45) is 4.51. The fourth-order valence-electron chi connectivity index (χ4n) is 4.16. The Morgan fingerprint density at radius 3 is 2.60 bits per heavy atom. The highest BCUT2D eigenvalue weighted by Crippen LogP contribution is 2.35. The molecule has 3 N–H and O–H groups in total. The van der Waals surface area contributed by atoms with Gasteiger partial charge in [-0.05, 0) is 49.3 Å². The number of amides is 4. The van der Waals surface area contributed by atoms with Crippen molar-refractivity contribution in [3.63, 3.8) is 0 Å². The molecule has 30 heavy (non-hydrogen) atoms. The summed E-state index contributed by atoms with van der Waals surface area (Å²) < 4.78 is 5.51. The molecule has 1 saturated heterocycles. The molecule has 1 aliphatic carbocycles. The zero-order valence-electron chi connectivity index (χ0n) is 16.9. The zero-order chi connectivity index (χ0) is 21.1. The molecule has 158 valence electrons. The van der Waals surface area contributed by atoms with Gasteiger partial charge in [-0.1, -0.05) is 37.3 Å². The summed E-state index contributed by atoms with van der Waals surface area (Å²) in [7, 11) is 0. The monoisotopic (exact) mass is 410 g/mol. The number of nitrogens with one attached hydrogen (secondary N) is 3. The van der Waals surface area contributed by atoms with Crippen LogP contribution in [0.5, 0.6) is 0 Å². The Morgan fingerprint density at radius 2 is 1.93 bits per heavy atom. The molecule has 8 nitrogen and oxygen atoms in total. The van der Waals surface area contributed by atoms with Gasteiger partial charge in [0.05, 0.1) is 18.8 Å². The van der Waals surface area contributed by atoms with Crippen molar-refractivity contribution >= 4 is 17.8 Å². The number of rotatable bonds is 6. The Morgan fingerprint density at radius 1 is 1.20 bits per heavy atom. The summed E-state index contributed by atoms with van der Waals surface area (Å²) >= 11 is 0. The van der Waals surface area contributed by atoms with E-state index in [1.54, 1.807) is 12.3 Å². The lowest BCUT2D eigenvalue weighted by Gasteiger charge is -2.33. The van der Waals surface area contributed by atoms with Gasteiger partial charge in [0.1, 0.15) is 11.3 Å². The summed E-state index contributed by atoms with van der Waals surface area (Å²) in [6.45, 7) is 2.04. The van der Waals surface area contributed by atoms with E-state index in [1.165, 1.54) is 0 Å². The average molecular weight is 410 g/mol. The van der Waals surface area contributed by atoms with Gasteiger partial charge < -0.3 is 9.73 Å². The van der Waals surface area contributed by atoms with E-state index in [2.05, 4.69) is 23.0 Å². The highest BCUT2D eigenvalue weighted by atomic mass is 16.3. The number of carbonyl (C=O) groups excluding carboxylic acids is 3. The third-order valence-corrected chi connectivity index (χ3v) is 5.95. The van der Waals surface area contributed by atoms with Crippen molar-refractivity contribution in [1.29, 1.82) is 0 Å². The SMILES string of the molecule is CC1CCC2(CC1)NC(=O)N(NC(=O)CN[C@@H](c1ccccc1)c1ccco1)C2=O. The van der Waals surface area contributed by atoms with Crippen molar-refractivity contribution in [2.24, 2.45) is 5.92 Å². The Balaban J connectivity index is 1.39. The summed E-state index contributed by atoms with van der Waals surface area (Å²) in [5.74, 6) is 0.342. The molecule has 1 saturated carbocycles. The molecule has 4 amide bonds. The fraction of sp³-hybridized carbons (Fsp3) is 0.409. The normalized spacial score (nSPS) is 24.7. The van der Waals surface area contributed by atoms with Gasteiger partial charge in [-0.25, -0.2) is 4.79 Å². The van der Waals surface area contributed by atoms with E-state index in [-0.39, 0.29) is 18.5 Å². The lowest BCUT2D eigenvalue weighted by Crippen LogP contribution is -2.52. The van der Waals surface area contributed by atoms with Crippen LogP contribution >= 0.6 is 0 Å². The van der Waals surface area contributed by atoms with Gasteiger partial charge in [0.2, 0.25) is 0 Å². The van der Waals surface area contributed by atoms with E-state index < -0.39 is 17.5 Å². The average Bonchev–Trinajstić information content (AvgIpc) is 3.35. The molecule has 8 heteroatoms.